The molecule has 0 aromatic heterocycles. The Bertz CT molecular complexity index is 603. The van der Waals surface area contributed by atoms with Crippen molar-refractivity contribution >= 4 is 44.3 Å². The van der Waals surface area contributed by atoms with Crippen LogP contribution in [-0.4, -0.2) is 22.6 Å². The van der Waals surface area contributed by atoms with Crippen LogP contribution in [0.2, 0.25) is 0 Å². The van der Waals surface area contributed by atoms with Crippen LogP contribution in [0.3, 0.4) is 0 Å². The summed E-state index contributed by atoms with van der Waals surface area (Å²) in [6.07, 6.45) is 4.89. The molecule has 98 valence electrons. The quantitative estimate of drug-likeness (QED) is 0.447. The van der Waals surface area contributed by atoms with Gasteiger partial charge < -0.3 is 0 Å². The SMILES string of the molecule is CS(C)(=O)=NC(=O)/C=C/c1cc(F)c(I)c(F)c1. The van der Waals surface area contributed by atoms with Crippen molar-refractivity contribution in [2.45, 2.75) is 0 Å². The summed E-state index contributed by atoms with van der Waals surface area (Å²) in [6, 6.07) is 2.20. The van der Waals surface area contributed by atoms with Gasteiger partial charge in [-0.25, -0.2) is 13.0 Å². The van der Waals surface area contributed by atoms with Gasteiger partial charge in [0.1, 0.15) is 11.6 Å². The summed E-state index contributed by atoms with van der Waals surface area (Å²) < 4.78 is 40.9. The van der Waals surface area contributed by atoms with Crippen molar-refractivity contribution < 1.29 is 17.8 Å². The molecule has 0 atom stereocenters. The van der Waals surface area contributed by atoms with Gasteiger partial charge in [-0.05, 0) is 46.4 Å². The van der Waals surface area contributed by atoms with Gasteiger partial charge in [0.25, 0.3) is 5.91 Å². The minimum Gasteiger partial charge on any atom is -0.267 e. The first-order valence-electron chi connectivity index (χ1n) is 4.73. The molecule has 0 heterocycles. The Labute approximate surface area is 118 Å². The van der Waals surface area contributed by atoms with Crippen molar-refractivity contribution in [3.63, 3.8) is 0 Å². The second kappa shape index (κ2) is 5.87. The Hall–Kier alpha value is -0.830. The third kappa shape index (κ3) is 4.81. The fourth-order valence-corrected chi connectivity index (χ4v) is 1.89. The van der Waals surface area contributed by atoms with E-state index in [0.717, 1.165) is 18.2 Å². The predicted octanol–water partition coefficient (Wildman–Crippen LogP) is 2.84. The second-order valence-corrected chi connectivity index (χ2v) is 7.37. The molecule has 0 saturated heterocycles. The molecule has 0 bridgehead atoms. The fourth-order valence-electron chi connectivity index (χ4n) is 1.09. The summed E-state index contributed by atoms with van der Waals surface area (Å²) >= 11 is 1.55. The summed E-state index contributed by atoms with van der Waals surface area (Å²) in [7, 11) is -2.53. The van der Waals surface area contributed by atoms with Crippen molar-refractivity contribution in [3.8, 4) is 0 Å². The Balaban J connectivity index is 3.00. The lowest BCUT2D eigenvalue weighted by Crippen LogP contribution is -1.97. The van der Waals surface area contributed by atoms with Gasteiger partial charge in [-0.15, -0.1) is 0 Å². The Morgan fingerprint density at radius 2 is 1.83 bits per heavy atom. The van der Waals surface area contributed by atoms with E-state index in [1.165, 1.54) is 18.6 Å². The summed E-state index contributed by atoms with van der Waals surface area (Å²) in [5, 5.41) is 0. The lowest BCUT2D eigenvalue weighted by atomic mass is 10.2. The Morgan fingerprint density at radius 3 is 2.28 bits per heavy atom. The molecule has 1 aromatic carbocycles. The lowest BCUT2D eigenvalue weighted by molar-refractivity contribution is -0.113. The first-order chi connectivity index (χ1) is 8.19. The zero-order valence-electron chi connectivity index (χ0n) is 9.62. The minimum atomic E-state index is -2.53. The molecule has 0 unspecified atom stereocenters. The van der Waals surface area contributed by atoms with Crippen LogP contribution in [0.1, 0.15) is 5.56 Å². The number of amides is 1. The molecule has 0 radical (unpaired) electrons. The molecule has 0 aliphatic carbocycles. The largest absolute Gasteiger partial charge is 0.277 e. The van der Waals surface area contributed by atoms with Gasteiger partial charge in [-0.1, -0.05) is 0 Å². The van der Waals surface area contributed by atoms with Crippen molar-refractivity contribution in [1.82, 2.24) is 0 Å². The average Bonchev–Trinajstić information content (AvgIpc) is 2.20. The van der Waals surface area contributed by atoms with E-state index in [2.05, 4.69) is 4.36 Å². The summed E-state index contributed by atoms with van der Waals surface area (Å²) in [6.45, 7) is 0. The Morgan fingerprint density at radius 1 is 1.33 bits per heavy atom. The molecule has 0 fully saturated rings. The maximum atomic E-state index is 13.2. The van der Waals surface area contributed by atoms with Crippen molar-refractivity contribution in [1.29, 1.82) is 0 Å². The van der Waals surface area contributed by atoms with E-state index in [1.807, 2.05) is 0 Å². The summed E-state index contributed by atoms with van der Waals surface area (Å²) in [5.74, 6) is -2.10. The first-order valence-corrected chi connectivity index (χ1v) is 8.14. The van der Waals surface area contributed by atoms with Crippen LogP contribution in [0.5, 0.6) is 0 Å². The van der Waals surface area contributed by atoms with E-state index in [4.69, 9.17) is 0 Å². The second-order valence-electron chi connectivity index (χ2n) is 3.74. The van der Waals surface area contributed by atoms with Crippen LogP contribution in [0.4, 0.5) is 8.78 Å². The van der Waals surface area contributed by atoms with Crippen LogP contribution < -0.4 is 0 Å². The van der Waals surface area contributed by atoms with Crippen LogP contribution in [-0.2, 0) is 14.5 Å². The maximum Gasteiger partial charge on any atom is 0.277 e. The molecule has 0 N–H and O–H groups in total. The molecule has 1 rings (SSSR count). The summed E-state index contributed by atoms with van der Waals surface area (Å²) in [4.78, 5) is 11.2. The number of nitrogens with zero attached hydrogens (tertiary/aromatic N) is 1. The molecule has 0 saturated carbocycles. The number of hydrogen-bond donors (Lipinski definition) is 0. The first kappa shape index (κ1) is 15.2. The van der Waals surface area contributed by atoms with Crippen molar-refractivity contribution in [3.05, 3.63) is 39.0 Å². The zero-order valence-corrected chi connectivity index (χ0v) is 12.6. The zero-order chi connectivity index (χ0) is 13.9. The van der Waals surface area contributed by atoms with Crippen LogP contribution in [0.25, 0.3) is 6.08 Å². The smallest absolute Gasteiger partial charge is 0.267 e. The number of rotatable bonds is 2. The van der Waals surface area contributed by atoms with E-state index >= 15 is 0 Å². The van der Waals surface area contributed by atoms with Crippen LogP contribution in [0, 0.1) is 15.2 Å². The van der Waals surface area contributed by atoms with Crippen molar-refractivity contribution in [2.24, 2.45) is 4.36 Å². The van der Waals surface area contributed by atoms with E-state index in [1.54, 1.807) is 22.6 Å². The van der Waals surface area contributed by atoms with E-state index in [-0.39, 0.29) is 9.13 Å². The van der Waals surface area contributed by atoms with Gasteiger partial charge in [0.15, 0.2) is 0 Å². The molecule has 1 amide bonds. The number of hydrogen-bond acceptors (Lipinski definition) is 2. The third-order valence-corrected chi connectivity index (χ3v) is 3.38. The standard InChI is InChI=1S/C11H10F2INO2S/c1-18(2,17)15-10(16)4-3-7-5-8(12)11(14)9(13)6-7/h3-6H,1-2H3/b4-3+. The van der Waals surface area contributed by atoms with E-state index in [0.29, 0.717) is 0 Å². The predicted molar refractivity (Wildman–Crippen MR) is 75.5 cm³/mol. The number of carbonyl (C=O) groups is 1. The maximum absolute atomic E-state index is 13.2. The third-order valence-electron chi connectivity index (χ3n) is 1.73. The normalized spacial score (nSPS) is 11.8. The van der Waals surface area contributed by atoms with Gasteiger partial charge in [0, 0.05) is 28.3 Å². The van der Waals surface area contributed by atoms with E-state index in [9.17, 15) is 17.8 Å². The molecular formula is C11H10F2INO2S. The molecule has 0 spiro atoms. The van der Waals surface area contributed by atoms with Gasteiger partial charge in [0.05, 0.1) is 3.57 Å². The van der Waals surface area contributed by atoms with Crippen LogP contribution >= 0.6 is 22.6 Å². The van der Waals surface area contributed by atoms with Crippen LogP contribution in [0.15, 0.2) is 22.6 Å². The molecule has 7 heteroatoms. The highest BCUT2D eigenvalue weighted by Crippen LogP contribution is 2.18. The minimum absolute atomic E-state index is 0.106. The highest BCUT2D eigenvalue weighted by atomic mass is 127. The average molecular weight is 385 g/mol. The van der Waals surface area contributed by atoms with Gasteiger partial charge in [0.2, 0.25) is 0 Å². The highest BCUT2D eigenvalue weighted by Gasteiger charge is 2.06. The molecular weight excluding hydrogens is 375 g/mol. The summed E-state index contributed by atoms with van der Waals surface area (Å²) in [5.41, 5.74) is 0.202. The molecule has 18 heavy (non-hydrogen) atoms. The molecule has 3 nitrogen and oxygen atoms in total. The molecule has 0 aliphatic rings. The molecule has 0 aliphatic heterocycles. The lowest BCUT2D eigenvalue weighted by Gasteiger charge is -1.99. The van der Waals surface area contributed by atoms with Gasteiger partial charge in [-0.3, -0.25) is 4.79 Å². The topological polar surface area (TPSA) is 46.5 Å². The van der Waals surface area contributed by atoms with Gasteiger partial charge in [-0.2, -0.15) is 4.36 Å². The van der Waals surface area contributed by atoms with Crippen molar-refractivity contribution in [2.75, 3.05) is 12.5 Å². The van der Waals surface area contributed by atoms with E-state index < -0.39 is 27.3 Å². The number of halogens is 3. The fraction of sp³-hybridized carbons (Fsp3) is 0.182. The monoisotopic (exact) mass is 385 g/mol. The highest BCUT2D eigenvalue weighted by molar-refractivity contribution is 14.1. The Kier molecular flexibility index (Phi) is 4.97. The molecule has 1 aromatic rings. The number of carbonyl (C=O) groups excluding carboxylic acids is 1. The van der Waals surface area contributed by atoms with Gasteiger partial charge >= 0.3 is 0 Å². The number of benzene rings is 1.